The quantitative estimate of drug-likeness (QED) is 0.851. The summed E-state index contributed by atoms with van der Waals surface area (Å²) >= 11 is 5.00. The van der Waals surface area contributed by atoms with Crippen molar-refractivity contribution in [3.63, 3.8) is 0 Å². The monoisotopic (exact) mass is 324 g/mol. The Hall–Kier alpha value is -1.33. The van der Waals surface area contributed by atoms with Gasteiger partial charge in [-0.15, -0.1) is 11.3 Å². The van der Waals surface area contributed by atoms with Crippen LogP contribution in [0.15, 0.2) is 34.1 Å². The number of hydrogen-bond acceptors (Lipinski definition) is 3. The molecule has 0 bridgehead atoms. The SMILES string of the molecule is Cc1ccc(N)cc1C(=O)NCc1ccc(Br)s1. The number of benzene rings is 1. The fourth-order valence-corrected chi connectivity index (χ4v) is 3.02. The van der Waals surface area contributed by atoms with Gasteiger partial charge in [0.2, 0.25) is 0 Å². The second kappa shape index (κ2) is 5.54. The summed E-state index contributed by atoms with van der Waals surface area (Å²) in [5.74, 6) is -0.0932. The number of nitrogen functional groups attached to an aromatic ring is 1. The Morgan fingerprint density at radius 1 is 1.39 bits per heavy atom. The number of hydrogen-bond donors (Lipinski definition) is 2. The Morgan fingerprint density at radius 3 is 2.83 bits per heavy atom. The minimum absolute atomic E-state index is 0.0932. The van der Waals surface area contributed by atoms with Crippen molar-refractivity contribution in [3.8, 4) is 0 Å². The molecule has 18 heavy (non-hydrogen) atoms. The highest BCUT2D eigenvalue weighted by Crippen LogP contribution is 2.22. The van der Waals surface area contributed by atoms with Crippen LogP contribution in [-0.4, -0.2) is 5.91 Å². The predicted octanol–water partition coefficient (Wildman–Crippen LogP) is 3.33. The maximum Gasteiger partial charge on any atom is 0.251 e. The van der Waals surface area contributed by atoms with E-state index in [0.29, 0.717) is 17.8 Å². The van der Waals surface area contributed by atoms with Crippen molar-refractivity contribution in [2.24, 2.45) is 0 Å². The van der Waals surface area contributed by atoms with Gasteiger partial charge in [-0.25, -0.2) is 0 Å². The van der Waals surface area contributed by atoms with E-state index in [4.69, 9.17) is 5.73 Å². The lowest BCUT2D eigenvalue weighted by atomic mass is 10.1. The molecule has 94 valence electrons. The third-order valence-electron chi connectivity index (χ3n) is 2.56. The van der Waals surface area contributed by atoms with Crippen LogP contribution in [0.5, 0.6) is 0 Å². The molecule has 0 saturated carbocycles. The number of halogens is 1. The predicted molar refractivity (Wildman–Crippen MR) is 78.8 cm³/mol. The zero-order valence-corrected chi connectivity index (χ0v) is 12.3. The highest BCUT2D eigenvalue weighted by atomic mass is 79.9. The molecule has 3 nitrogen and oxygen atoms in total. The Kier molecular flexibility index (Phi) is 4.04. The topological polar surface area (TPSA) is 55.1 Å². The first-order valence-electron chi connectivity index (χ1n) is 5.45. The maximum absolute atomic E-state index is 12.0. The first kappa shape index (κ1) is 13.1. The number of nitrogens with two attached hydrogens (primary N) is 1. The lowest BCUT2D eigenvalue weighted by Gasteiger charge is -2.07. The van der Waals surface area contributed by atoms with Gasteiger partial charge in [-0.1, -0.05) is 6.07 Å². The Bertz CT molecular complexity index is 580. The summed E-state index contributed by atoms with van der Waals surface area (Å²) in [4.78, 5) is 13.1. The molecule has 0 aliphatic rings. The van der Waals surface area contributed by atoms with E-state index in [1.165, 1.54) is 0 Å². The van der Waals surface area contributed by atoms with Crippen LogP contribution in [0, 0.1) is 6.92 Å². The smallest absolute Gasteiger partial charge is 0.251 e. The molecule has 1 amide bonds. The third-order valence-corrected chi connectivity index (χ3v) is 4.18. The number of carbonyl (C=O) groups is 1. The second-order valence-corrected chi connectivity index (χ2v) is 6.51. The number of aryl methyl sites for hydroxylation is 1. The van der Waals surface area contributed by atoms with Crippen molar-refractivity contribution in [1.29, 1.82) is 0 Å². The zero-order chi connectivity index (χ0) is 13.1. The van der Waals surface area contributed by atoms with Crippen LogP contribution in [0.1, 0.15) is 20.8 Å². The Labute approximate surface area is 118 Å². The van der Waals surface area contributed by atoms with Crippen molar-refractivity contribution in [2.45, 2.75) is 13.5 Å². The van der Waals surface area contributed by atoms with E-state index in [1.807, 2.05) is 25.1 Å². The number of carbonyl (C=O) groups excluding carboxylic acids is 1. The Balaban J connectivity index is 2.05. The van der Waals surface area contributed by atoms with E-state index >= 15 is 0 Å². The molecular weight excluding hydrogens is 312 g/mol. The van der Waals surface area contributed by atoms with Crippen molar-refractivity contribution in [3.05, 3.63) is 50.1 Å². The zero-order valence-electron chi connectivity index (χ0n) is 9.87. The molecule has 0 aliphatic heterocycles. The highest BCUT2D eigenvalue weighted by molar-refractivity contribution is 9.11. The van der Waals surface area contributed by atoms with Crippen LogP contribution in [0.4, 0.5) is 5.69 Å². The summed E-state index contributed by atoms with van der Waals surface area (Å²) in [5, 5.41) is 2.89. The van der Waals surface area contributed by atoms with Crippen LogP contribution in [-0.2, 0) is 6.54 Å². The molecule has 0 fully saturated rings. The average molecular weight is 325 g/mol. The molecule has 5 heteroatoms. The minimum Gasteiger partial charge on any atom is -0.399 e. The maximum atomic E-state index is 12.0. The number of amides is 1. The van der Waals surface area contributed by atoms with Gasteiger partial charge in [-0.3, -0.25) is 4.79 Å². The van der Waals surface area contributed by atoms with Crippen LogP contribution < -0.4 is 11.1 Å². The molecule has 1 aromatic heterocycles. The standard InChI is InChI=1S/C13H13BrN2OS/c1-8-2-3-9(15)6-11(8)13(17)16-7-10-4-5-12(14)18-10/h2-6H,7,15H2,1H3,(H,16,17). The summed E-state index contributed by atoms with van der Waals surface area (Å²) in [5.41, 5.74) is 7.85. The second-order valence-electron chi connectivity index (χ2n) is 3.96. The molecule has 2 rings (SSSR count). The number of nitrogens with one attached hydrogen (secondary N) is 1. The average Bonchev–Trinajstić information content (AvgIpc) is 2.75. The van der Waals surface area contributed by atoms with E-state index in [9.17, 15) is 4.79 Å². The number of rotatable bonds is 3. The molecule has 0 unspecified atom stereocenters. The van der Waals surface area contributed by atoms with Gasteiger partial charge in [0.15, 0.2) is 0 Å². The first-order chi connectivity index (χ1) is 8.56. The summed E-state index contributed by atoms with van der Waals surface area (Å²) in [7, 11) is 0. The van der Waals surface area contributed by atoms with Crippen LogP contribution in [0.25, 0.3) is 0 Å². The molecule has 1 heterocycles. The fraction of sp³-hybridized carbons (Fsp3) is 0.154. The summed E-state index contributed by atoms with van der Waals surface area (Å²) in [6.45, 7) is 2.43. The molecule has 3 N–H and O–H groups in total. The molecule has 0 saturated heterocycles. The van der Waals surface area contributed by atoms with E-state index in [0.717, 1.165) is 14.2 Å². The Morgan fingerprint density at radius 2 is 2.17 bits per heavy atom. The van der Waals surface area contributed by atoms with E-state index < -0.39 is 0 Å². The van der Waals surface area contributed by atoms with E-state index in [-0.39, 0.29) is 5.91 Å². The van der Waals surface area contributed by atoms with Gasteiger partial charge in [0.05, 0.1) is 10.3 Å². The number of anilines is 1. The van der Waals surface area contributed by atoms with Crippen LogP contribution in [0.2, 0.25) is 0 Å². The van der Waals surface area contributed by atoms with Gasteiger partial charge in [0.25, 0.3) is 5.91 Å². The van der Waals surface area contributed by atoms with Crippen LogP contribution >= 0.6 is 27.3 Å². The molecule has 0 atom stereocenters. The normalized spacial score (nSPS) is 10.3. The van der Waals surface area contributed by atoms with E-state index in [2.05, 4.69) is 21.2 Å². The van der Waals surface area contributed by atoms with Crippen molar-refractivity contribution in [2.75, 3.05) is 5.73 Å². The fourth-order valence-electron chi connectivity index (χ4n) is 1.59. The minimum atomic E-state index is -0.0932. The van der Waals surface area contributed by atoms with Gasteiger partial charge in [-0.2, -0.15) is 0 Å². The summed E-state index contributed by atoms with van der Waals surface area (Å²) in [6.07, 6.45) is 0. The van der Waals surface area contributed by atoms with Crippen molar-refractivity contribution < 1.29 is 4.79 Å². The molecule has 2 aromatic rings. The highest BCUT2D eigenvalue weighted by Gasteiger charge is 2.09. The van der Waals surface area contributed by atoms with Gasteiger partial charge >= 0.3 is 0 Å². The van der Waals surface area contributed by atoms with Crippen LogP contribution in [0.3, 0.4) is 0 Å². The molecule has 0 spiro atoms. The molecule has 0 aliphatic carbocycles. The van der Waals surface area contributed by atoms with Gasteiger partial charge < -0.3 is 11.1 Å². The third kappa shape index (κ3) is 3.11. The largest absolute Gasteiger partial charge is 0.399 e. The molecule has 1 aromatic carbocycles. The van der Waals surface area contributed by atoms with Crippen molar-refractivity contribution >= 4 is 38.9 Å². The number of thiophene rings is 1. The molecular formula is C13H13BrN2OS. The van der Waals surface area contributed by atoms with E-state index in [1.54, 1.807) is 23.5 Å². The van der Waals surface area contributed by atoms with Gasteiger partial charge in [0, 0.05) is 16.1 Å². The van der Waals surface area contributed by atoms with Crippen molar-refractivity contribution in [1.82, 2.24) is 5.32 Å². The van der Waals surface area contributed by atoms with Gasteiger partial charge in [0.1, 0.15) is 0 Å². The van der Waals surface area contributed by atoms with Gasteiger partial charge in [-0.05, 0) is 52.7 Å². The summed E-state index contributed by atoms with van der Waals surface area (Å²) < 4.78 is 1.06. The lowest BCUT2D eigenvalue weighted by molar-refractivity contribution is 0.0950. The lowest BCUT2D eigenvalue weighted by Crippen LogP contribution is -2.23. The summed E-state index contributed by atoms with van der Waals surface area (Å²) in [6, 6.07) is 9.31. The first-order valence-corrected chi connectivity index (χ1v) is 7.06. The molecule has 0 radical (unpaired) electrons.